The predicted molar refractivity (Wildman–Crippen MR) is 105 cm³/mol. The summed E-state index contributed by atoms with van der Waals surface area (Å²) in [7, 11) is 0. The quantitative estimate of drug-likeness (QED) is 0.544. The Kier molecular flexibility index (Phi) is 4.81. The third-order valence-electron chi connectivity index (χ3n) is 4.68. The van der Waals surface area contributed by atoms with E-state index in [1.54, 1.807) is 16.8 Å². The highest BCUT2D eigenvalue weighted by molar-refractivity contribution is 7.13. The van der Waals surface area contributed by atoms with Crippen LogP contribution >= 0.6 is 23.7 Å². The number of fused-ring (bicyclic) bond motifs is 1. The minimum Gasteiger partial charge on any atom is -0.415 e. The normalized spacial score (nSPS) is 15.1. The van der Waals surface area contributed by atoms with Gasteiger partial charge in [-0.2, -0.15) is 5.10 Å². The molecule has 5 rings (SSSR count). The number of hydrogen-bond donors (Lipinski definition) is 2. The Bertz CT molecular complexity index is 1110. The van der Waals surface area contributed by atoms with Crippen molar-refractivity contribution >= 4 is 29.4 Å². The molecule has 0 saturated carbocycles. The van der Waals surface area contributed by atoms with Crippen LogP contribution in [0.5, 0.6) is 0 Å². The first kappa shape index (κ1) is 17.9. The molecule has 0 aliphatic carbocycles. The Hall–Kier alpha value is -2.49. The molecule has 1 aliphatic rings. The molecule has 1 fully saturated rings. The van der Waals surface area contributed by atoms with Crippen LogP contribution in [-0.2, 0) is 0 Å². The molecule has 10 heteroatoms. The van der Waals surface area contributed by atoms with E-state index in [-0.39, 0.29) is 18.0 Å². The number of aromatic amines is 1. The predicted octanol–water partition coefficient (Wildman–Crippen LogP) is 2.69. The number of nitrogens with zero attached hydrogens (tertiary/aromatic N) is 4. The van der Waals surface area contributed by atoms with Crippen LogP contribution in [0.1, 0.15) is 24.5 Å². The van der Waals surface area contributed by atoms with Gasteiger partial charge in [-0.25, -0.2) is 4.52 Å². The van der Waals surface area contributed by atoms with Crippen molar-refractivity contribution in [3.05, 3.63) is 45.8 Å². The molecule has 0 bridgehead atoms. The van der Waals surface area contributed by atoms with E-state index >= 15 is 0 Å². The van der Waals surface area contributed by atoms with Gasteiger partial charge in [0.25, 0.3) is 17.3 Å². The highest BCUT2D eigenvalue weighted by Crippen LogP contribution is 2.30. The van der Waals surface area contributed by atoms with Crippen LogP contribution in [0.25, 0.3) is 27.9 Å². The number of hydrogen-bond acceptors (Lipinski definition) is 7. The van der Waals surface area contributed by atoms with Crippen molar-refractivity contribution in [1.82, 2.24) is 30.1 Å². The van der Waals surface area contributed by atoms with Crippen molar-refractivity contribution in [3.8, 4) is 22.2 Å². The van der Waals surface area contributed by atoms with E-state index in [1.807, 2.05) is 17.5 Å². The number of halogens is 1. The van der Waals surface area contributed by atoms with Crippen LogP contribution in [0.3, 0.4) is 0 Å². The first-order chi connectivity index (χ1) is 12.8. The van der Waals surface area contributed by atoms with Crippen LogP contribution in [0.4, 0.5) is 0 Å². The summed E-state index contributed by atoms with van der Waals surface area (Å²) in [5, 5.41) is 18.0. The number of H-pyrrole nitrogens is 1. The lowest BCUT2D eigenvalue weighted by molar-refractivity contribution is 0.446. The van der Waals surface area contributed by atoms with Crippen LogP contribution in [-0.4, -0.2) is 37.9 Å². The van der Waals surface area contributed by atoms with E-state index in [9.17, 15) is 4.79 Å². The van der Waals surface area contributed by atoms with E-state index in [1.165, 1.54) is 11.3 Å². The maximum absolute atomic E-state index is 12.2. The lowest BCUT2D eigenvalue weighted by atomic mass is 9.94. The van der Waals surface area contributed by atoms with Crippen molar-refractivity contribution < 1.29 is 4.42 Å². The third-order valence-corrected chi connectivity index (χ3v) is 5.54. The summed E-state index contributed by atoms with van der Waals surface area (Å²) in [6.45, 7) is 1.89. The number of thiophene rings is 1. The van der Waals surface area contributed by atoms with E-state index < -0.39 is 0 Å². The number of nitrogens with one attached hydrogen (secondary N) is 2. The van der Waals surface area contributed by atoms with Gasteiger partial charge in [0.05, 0.1) is 16.8 Å². The molecule has 0 radical (unpaired) electrons. The zero-order valence-corrected chi connectivity index (χ0v) is 15.8. The zero-order chi connectivity index (χ0) is 17.5. The van der Waals surface area contributed by atoms with Gasteiger partial charge in [-0.3, -0.25) is 4.79 Å². The van der Waals surface area contributed by atoms with Crippen LogP contribution in [0.2, 0.25) is 0 Å². The monoisotopic (exact) mass is 404 g/mol. The number of rotatable bonds is 3. The van der Waals surface area contributed by atoms with Crippen molar-refractivity contribution in [2.24, 2.45) is 0 Å². The second kappa shape index (κ2) is 7.26. The largest absolute Gasteiger partial charge is 0.415 e. The van der Waals surface area contributed by atoms with Crippen molar-refractivity contribution in [2.45, 2.75) is 18.8 Å². The Balaban J connectivity index is 0.00000180. The highest BCUT2D eigenvalue weighted by atomic mass is 35.5. The van der Waals surface area contributed by atoms with E-state index in [2.05, 4.69) is 25.6 Å². The first-order valence-corrected chi connectivity index (χ1v) is 9.37. The molecule has 0 unspecified atom stereocenters. The van der Waals surface area contributed by atoms with E-state index in [4.69, 9.17) is 4.42 Å². The molecule has 0 aromatic carbocycles. The molecule has 1 aliphatic heterocycles. The highest BCUT2D eigenvalue weighted by Gasteiger charge is 2.22. The standard InChI is InChI=1S/C17H16N6O2S.ClH/c24-14-8-12(10-3-5-18-6-4-10)23-15(20-14)11(9-19-23)16-21-22-17(25-16)13-2-1-7-26-13;/h1-2,7-10,18H,3-6H2,(H,20,24);1H. The molecule has 140 valence electrons. The van der Waals surface area contributed by atoms with Gasteiger partial charge in [-0.1, -0.05) is 6.07 Å². The van der Waals surface area contributed by atoms with E-state index in [0.717, 1.165) is 36.5 Å². The molecule has 0 atom stereocenters. The van der Waals surface area contributed by atoms with Gasteiger partial charge in [0.15, 0.2) is 0 Å². The minimum absolute atomic E-state index is 0. The van der Waals surface area contributed by atoms with Crippen molar-refractivity contribution in [3.63, 3.8) is 0 Å². The summed E-state index contributed by atoms with van der Waals surface area (Å²) in [6.07, 6.45) is 3.63. The lowest BCUT2D eigenvalue weighted by Gasteiger charge is -2.23. The molecule has 5 heterocycles. The van der Waals surface area contributed by atoms with Gasteiger partial charge < -0.3 is 14.7 Å². The van der Waals surface area contributed by atoms with Gasteiger partial charge in [-0.15, -0.1) is 33.9 Å². The van der Waals surface area contributed by atoms with Gasteiger partial charge in [0.1, 0.15) is 11.2 Å². The maximum Gasteiger partial charge on any atom is 0.258 e. The molecule has 2 N–H and O–H groups in total. The lowest BCUT2D eigenvalue weighted by Crippen LogP contribution is -2.28. The van der Waals surface area contributed by atoms with Crippen LogP contribution in [0.15, 0.2) is 39.0 Å². The second-order valence-electron chi connectivity index (χ2n) is 6.29. The summed E-state index contributed by atoms with van der Waals surface area (Å²) < 4.78 is 7.60. The van der Waals surface area contributed by atoms with Crippen molar-refractivity contribution in [1.29, 1.82) is 0 Å². The Labute approximate surface area is 164 Å². The van der Waals surface area contributed by atoms with Crippen LogP contribution < -0.4 is 10.9 Å². The molecule has 0 spiro atoms. The summed E-state index contributed by atoms with van der Waals surface area (Å²) in [4.78, 5) is 16.0. The average Bonchev–Trinajstić information content (AvgIpc) is 3.41. The summed E-state index contributed by atoms with van der Waals surface area (Å²) in [5.74, 6) is 1.12. The van der Waals surface area contributed by atoms with Gasteiger partial charge in [-0.05, 0) is 37.4 Å². The molecule has 27 heavy (non-hydrogen) atoms. The minimum atomic E-state index is -0.147. The molecule has 4 aromatic heterocycles. The number of aromatic nitrogens is 5. The molecule has 4 aromatic rings. The Morgan fingerprint density at radius 1 is 1.22 bits per heavy atom. The molecule has 0 amide bonds. The number of piperidine rings is 1. The fourth-order valence-corrected chi connectivity index (χ4v) is 4.05. The maximum atomic E-state index is 12.2. The fourth-order valence-electron chi connectivity index (χ4n) is 3.41. The zero-order valence-electron chi connectivity index (χ0n) is 14.2. The molecular weight excluding hydrogens is 388 g/mol. The summed E-state index contributed by atoms with van der Waals surface area (Å²) in [5.41, 5.74) is 2.00. The fraction of sp³-hybridized carbons (Fsp3) is 0.294. The van der Waals surface area contributed by atoms with Gasteiger partial charge in [0.2, 0.25) is 0 Å². The van der Waals surface area contributed by atoms with E-state index in [0.29, 0.717) is 28.9 Å². The second-order valence-corrected chi connectivity index (χ2v) is 7.24. The molecular formula is C17H17ClN6O2S. The first-order valence-electron chi connectivity index (χ1n) is 8.49. The van der Waals surface area contributed by atoms with Gasteiger partial charge >= 0.3 is 0 Å². The Morgan fingerprint density at radius 3 is 2.81 bits per heavy atom. The molecule has 1 saturated heterocycles. The third kappa shape index (κ3) is 3.18. The SMILES string of the molecule is Cl.O=c1cc(C2CCNCC2)n2ncc(-c3nnc(-c4cccs4)o3)c2[nH]1. The average molecular weight is 405 g/mol. The van der Waals surface area contributed by atoms with Crippen LogP contribution in [0, 0.1) is 0 Å². The van der Waals surface area contributed by atoms with Gasteiger partial charge in [0, 0.05) is 12.0 Å². The summed E-state index contributed by atoms with van der Waals surface area (Å²) in [6, 6.07) is 5.50. The Morgan fingerprint density at radius 2 is 2.04 bits per heavy atom. The summed E-state index contributed by atoms with van der Waals surface area (Å²) >= 11 is 1.53. The van der Waals surface area contributed by atoms with Crippen molar-refractivity contribution in [2.75, 3.05) is 13.1 Å². The topological polar surface area (TPSA) is 101 Å². The molecule has 8 nitrogen and oxygen atoms in total. The smallest absolute Gasteiger partial charge is 0.258 e.